The molecule has 3 heterocycles. The summed E-state index contributed by atoms with van der Waals surface area (Å²) in [6.07, 6.45) is 4.38. The number of carbonyl (C=O) groups is 2. The first kappa shape index (κ1) is 21.9. The molecule has 1 saturated heterocycles. The maximum atomic E-state index is 13.1. The van der Waals surface area contributed by atoms with Crippen LogP contribution in [0.3, 0.4) is 0 Å². The summed E-state index contributed by atoms with van der Waals surface area (Å²) < 4.78 is 1.92. The van der Waals surface area contributed by atoms with E-state index in [2.05, 4.69) is 4.98 Å². The van der Waals surface area contributed by atoms with E-state index in [1.54, 1.807) is 42.5 Å². The van der Waals surface area contributed by atoms with Gasteiger partial charge in [0.1, 0.15) is 0 Å². The zero-order chi connectivity index (χ0) is 23.8. The van der Waals surface area contributed by atoms with Gasteiger partial charge in [-0.15, -0.1) is 0 Å². The maximum absolute atomic E-state index is 13.1. The second-order valence-corrected chi connectivity index (χ2v) is 8.72. The van der Waals surface area contributed by atoms with Gasteiger partial charge < -0.3 is 19.5 Å². The minimum atomic E-state index is -0.963. The normalized spacial score (nSPS) is 16.1. The van der Waals surface area contributed by atoms with Gasteiger partial charge in [-0.05, 0) is 37.3 Å². The molecule has 0 spiro atoms. The van der Waals surface area contributed by atoms with Crippen LogP contribution in [0.4, 0.5) is 4.79 Å². The number of pyridine rings is 1. The number of halogens is 1. The van der Waals surface area contributed by atoms with E-state index in [0.29, 0.717) is 41.4 Å². The van der Waals surface area contributed by atoms with Gasteiger partial charge in [-0.2, -0.15) is 0 Å². The van der Waals surface area contributed by atoms with Crippen molar-refractivity contribution in [2.75, 3.05) is 19.6 Å². The Morgan fingerprint density at radius 1 is 1.09 bits per heavy atom. The quantitative estimate of drug-likeness (QED) is 0.469. The van der Waals surface area contributed by atoms with Gasteiger partial charge in [-0.1, -0.05) is 29.8 Å². The molecule has 0 bridgehead atoms. The Morgan fingerprint density at radius 2 is 1.88 bits per heavy atom. The molecule has 172 valence electrons. The van der Waals surface area contributed by atoms with Crippen LogP contribution in [-0.2, 0) is 0 Å². The molecule has 9 heteroatoms. The predicted octanol–water partition coefficient (Wildman–Crippen LogP) is 4.57. The molecule has 2 aromatic heterocycles. The molecule has 0 aliphatic carbocycles. The molecule has 8 nitrogen and oxygen atoms in total. The highest BCUT2D eigenvalue weighted by molar-refractivity contribution is 6.35. The fraction of sp³-hybridized carbons (Fsp3) is 0.200. The SMILES string of the molecule is CC1CN(C(=O)c2ccc3c(Cl)cc(-c4ccc(-n5ccnc5)cc4)nc3c2)CCN1C(=O)O. The summed E-state index contributed by atoms with van der Waals surface area (Å²) in [5.41, 5.74) is 3.73. The molecular weight excluding hydrogens is 454 g/mol. The van der Waals surface area contributed by atoms with Crippen LogP contribution < -0.4 is 0 Å². The Hall–Kier alpha value is -3.91. The zero-order valence-electron chi connectivity index (χ0n) is 18.4. The lowest BCUT2D eigenvalue weighted by atomic mass is 10.1. The number of benzene rings is 2. The third-order valence-electron chi connectivity index (χ3n) is 6.13. The lowest BCUT2D eigenvalue weighted by molar-refractivity contribution is 0.0507. The average Bonchev–Trinajstić information content (AvgIpc) is 3.38. The Bertz CT molecular complexity index is 1370. The molecular formula is C25H22ClN5O3. The fourth-order valence-corrected chi connectivity index (χ4v) is 4.56. The third-order valence-corrected chi connectivity index (χ3v) is 6.45. The van der Waals surface area contributed by atoms with Crippen molar-refractivity contribution in [2.24, 2.45) is 0 Å². The molecule has 1 aliphatic rings. The molecule has 1 atom stereocenters. The first-order valence-electron chi connectivity index (χ1n) is 10.9. The summed E-state index contributed by atoms with van der Waals surface area (Å²) in [5, 5.41) is 10.6. The molecule has 34 heavy (non-hydrogen) atoms. The van der Waals surface area contributed by atoms with Crippen LogP contribution in [0, 0.1) is 0 Å². The van der Waals surface area contributed by atoms with Gasteiger partial charge in [-0.25, -0.2) is 14.8 Å². The van der Waals surface area contributed by atoms with Crippen molar-refractivity contribution >= 4 is 34.5 Å². The summed E-state index contributed by atoms with van der Waals surface area (Å²) in [4.78, 5) is 36.4. The smallest absolute Gasteiger partial charge is 0.407 e. The highest BCUT2D eigenvalue weighted by Crippen LogP contribution is 2.29. The van der Waals surface area contributed by atoms with Gasteiger partial charge >= 0.3 is 6.09 Å². The van der Waals surface area contributed by atoms with Gasteiger partial charge in [0.05, 0.1) is 22.6 Å². The van der Waals surface area contributed by atoms with E-state index in [1.807, 2.05) is 41.1 Å². The van der Waals surface area contributed by atoms with Gasteiger partial charge in [0, 0.05) is 60.3 Å². The van der Waals surface area contributed by atoms with E-state index in [1.165, 1.54) is 4.90 Å². The van der Waals surface area contributed by atoms with E-state index >= 15 is 0 Å². The van der Waals surface area contributed by atoms with E-state index in [0.717, 1.165) is 16.6 Å². The lowest BCUT2D eigenvalue weighted by Crippen LogP contribution is -2.55. The van der Waals surface area contributed by atoms with Crippen LogP contribution in [0.15, 0.2) is 67.3 Å². The van der Waals surface area contributed by atoms with E-state index in [-0.39, 0.29) is 11.9 Å². The Balaban J connectivity index is 1.43. The zero-order valence-corrected chi connectivity index (χ0v) is 19.2. The summed E-state index contributed by atoms with van der Waals surface area (Å²) in [6.45, 7) is 2.80. The number of carboxylic acid groups (broad SMARTS) is 1. The van der Waals surface area contributed by atoms with Crippen molar-refractivity contribution < 1.29 is 14.7 Å². The molecule has 0 radical (unpaired) electrons. The fourth-order valence-electron chi connectivity index (χ4n) is 4.29. The van der Waals surface area contributed by atoms with Gasteiger partial charge in [-0.3, -0.25) is 4.79 Å². The number of hydrogen-bond donors (Lipinski definition) is 1. The predicted molar refractivity (Wildman–Crippen MR) is 129 cm³/mol. The number of imidazole rings is 1. The van der Waals surface area contributed by atoms with Crippen LogP contribution in [0.5, 0.6) is 0 Å². The highest BCUT2D eigenvalue weighted by atomic mass is 35.5. The van der Waals surface area contributed by atoms with Crippen LogP contribution in [-0.4, -0.2) is 67.1 Å². The van der Waals surface area contributed by atoms with E-state index in [9.17, 15) is 14.7 Å². The third kappa shape index (κ3) is 4.08. The first-order valence-corrected chi connectivity index (χ1v) is 11.3. The van der Waals surface area contributed by atoms with Crippen molar-refractivity contribution in [2.45, 2.75) is 13.0 Å². The molecule has 1 aliphatic heterocycles. The number of amides is 2. The molecule has 5 rings (SSSR count). The Kier molecular flexibility index (Phi) is 5.67. The molecule has 1 unspecified atom stereocenters. The summed E-state index contributed by atoms with van der Waals surface area (Å²) in [7, 11) is 0. The summed E-state index contributed by atoms with van der Waals surface area (Å²) in [6, 6.07) is 14.8. The number of aromatic nitrogens is 3. The topological polar surface area (TPSA) is 91.6 Å². The summed E-state index contributed by atoms with van der Waals surface area (Å²) in [5.74, 6) is -0.146. The lowest BCUT2D eigenvalue weighted by Gasteiger charge is -2.38. The minimum Gasteiger partial charge on any atom is -0.465 e. The van der Waals surface area contributed by atoms with Crippen molar-refractivity contribution in [3.05, 3.63) is 77.8 Å². The monoisotopic (exact) mass is 475 g/mol. The number of rotatable bonds is 3. The second kappa shape index (κ2) is 8.79. The standard InChI is InChI=1S/C25H22ClN5O3/c1-16-14-29(10-11-31(16)25(33)34)24(32)18-4-7-20-21(26)13-22(28-23(20)12-18)17-2-5-19(6-3-17)30-9-8-27-15-30/h2-9,12-13,15-16H,10-11,14H2,1H3,(H,33,34). The van der Waals surface area contributed by atoms with Crippen LogP contribution in [0.2, 0.25) is 5.02 Å². The van der Waals surface area contributed by atoms with Crippen molar-refractivity contribution in [1.82, 2.24) is 24.3 Å². The van der Waals surface area contributed by atoms with Crippen LogP contribution >= 0.6 is 11.6 Å². The van der Waals surface area contributed by atoms with Gasteiger partial charge in [0.25, 0.3) is 5.91 Å². The van der Waals surface area contributed by atoms with Crippen LogP contribution in [0.1, 0.15) is 17.3 Å². The average molecular weight is 476 g/mol. The van der Waals surface area contributed by atoms with E-state index in [4.69, 9.17) is 16.6 Å². The van der Waals surface area contributed by atoms with Gasteiger partial charge in [0.15, 0.2) is 0 Å². The number of piperazine rings is 1. The molecule has 2 amide bonds. The molecule has 1 fully saturated rings. The maximum Gasteiger partial charge on any atom is 0.407 e. The summed E-state index contributed by atoms with van der Waals surface area (Å²) >= 11 is 6.56. The highest BCUT2D eigenvalue weighted by Gasteiger charge is 2.30. The largest absolute Gasteiger partial charge is 0.465 e. The van der Waals surface area contributed by atoms with Crippen molar-refractivity contribution in [3.8, 4) is 16.9 Å². The number of nitrogens with zero attached hydrogens (tertiary/aromatic N) is 5. The number of carbonyl (C=O) groups excluding carboxylic acids is 1. The van der Waals surface area contributed by atoms with Crippen LogP contribution in [0.25, 0.3) is 27.8 Å². The molecule has 0 saturated carbocycles. The molecule has 1 N–H and O–H groups in total. The van der Waals surface area contributed by atoms with Crippen molar-refractivity contribution in [3.63, 3.8) is 0 Å². The Labute approximate surface area is 201 Å². The number of fused-ring (bicyclic) bond motifs is 1. The number of hydrogen-bond acceptors (Lipinski definition) is 4. The van der Waals surface area contributed by atoms with Crippen molar-refractivity contribution in [1.29, 1.82) is 0 Å². The van der Waals surface area contributed by atoms with E-state index < -0.39 is 6.09 Å². The Morgan fingerprint density at radius 3 is 2.56 bits per heavy atom. The van der Waals surface area contributed by atoms with Gasteiger partial charge in [0.2, 0.25) is 0 Å². The second-order valence-electron chi connectivity index (χ2n) is 8.31. The molecule has 4 aromatic rings. The first-order chi connectivity index (χ1) is 16.4. The molecule has 2 aromatic carbocycles. The minimum absolute atomic E-state index is 0.146.